The molecule has 11 heteroatoms. The average Bonchev–Trinajstić information content (AvgIpc) is 2.89. The van der Waals surface area contributed by atoms with Gasteiger partial charge in [-0.2, -0.15) is 4.98 Å². The Morgan fingerprint density at radius 3 is 2.46 bits per heavy atom. The zero-order chi connectivity index (χ0) is 28.0. The molecule has 0 aliphatic carbocycles. The molecule has 1 aromatic heterocycles. The maximum Gasteiger partial charge on any atom is 0.407 e. The second-order valence-corrected chi connectivity index (χ2v) is 11.3. The smallest absolute Gasteiger partial charge is 0.407 e. The third kappa shape index (κ3) is 8.27. The monoisotopic (exact) mass is 539 g/mol. The van der Waals surface area contributed by atoms with Gasteiger partial charge in [0.05, 0.1) is 5.69 Å². The summed E-state index contributed by atoms with van der Waals surface area (Å²) < 4.78 is 6.82. The summed E-state index contributed by atoms with van der Waals surface area (Å²) in [6, 6.07) is 9.62. The normalized spacial score (nSPS) is 19.0. The summed E-state index contributed by atoms with van der Waals surface area (Å²) in [4.78, 5) is 45.5. The summed E-state index contributed by atoms with van der Waals surface area (Å²) in [6.45, 7) is 12.2. The van der Waals surface area contributed by atoms with Crippen LogP contribution in [0.3, 0.4) is 0 Å². The first-order valence-electron chi connectivity index (χ1n) is 13.8. The number of anilines is 1. The maximum atomic E-state index is 12.7. The molecule has 0 spiro atoms. The highest BCUT2D eigenvalue weighted by molar-refractivity contribution is 5.88. The number of alkyl carbamates (subject to hydrolysis) is 1. The minimum absolute atomic E-state index is 0.121. The number of carbonyl (C=O) groups excluding carboxylic acids is 2. The number of benzene rings is 1. The van der Waals surface area contributed by atoms with Crippen LogP contribution in [0.1, 0.15) is 52.5 Å². The molecule has 2 aliphatic heterocycles. The van der Waals surface area contributed by atoms with Crippen LogP contribution >= 0.6 is 0 Å². The average molecular weight is 540 g/mol. The molecule has 3 heterocycles. The van der Waals surface area contributed by atoms with Gasteiger partial charge in [0.2, 0.25) is 0 Å². The number of piperidine rings is 1. The SMILES string of the molecule is CCC1CN(C(=O)Nc2ccn(-c3ccc(CN4CCC(NC(=O)OC(C)(C)C)CC4)cc3)c(=O)n2)CCN1. The highest BCUT2D eigenvalue weighted by Gasteiger charge is 2.24. The Morgan fingerprint density at radius 1 is 1.10 bits per heavy atom. The summed E-state index contributed by atoms with van der Waals surface area (Å²) in [5.74, 6) is 0.244. The van der Waals surface area contributed by atoms with Crippen molar-refractivity contribution in [3.63, 3.8) is 0 Å². The van der Waals surface area contributed by atoms with Gasteiger partial charge in [-0.3, -0.25) is 14.8 Å². The van der Waals surface area contributed by atoms with Gasteiger partial charge in [0, 0.05) is 57.5 Å². The van der Waals surface area contributed by atoms with Gasteiger partial charge in [0.25, 0.3) is 0 Å². The number of urea groups is 1. The van der Waals surface area contributed by atoms with E-state index in [0.717, 1.165) is 51.0 Å². The van der Waals surface area contributed by atoms with Crippen molar-refractivity contribution in [1.29, 1.82) is 0 Å². The van der Waals surface area contributed by atoms with E-state index in [1.54, 1.807) is 17.2 Å². The summed E-state index contributed by atoms with van der Waals surface area (Å²) in [7, 11) is 0. The Kier molecular flexibility index (Phi) is 9.24. The number of nitrogens with zero attached hydrogens (tertiary/aromatic N) is 4. The molecular weight excluding hydrogens is 498 g/mol. The lowest BCUT2D eigenvalue weighted by atomic mass is 10.0. The van der Waals surface area contributed by atoms with Gasteiger partial charge >= 0.3 is 17.8 Å². The van der Waals surface area contributed by atoms with E-state index >= 15 is 0 Å². The largest absolute Gasteiger partial charge is 0.444 e. The van der Waals surface area contributed by atoms with Gasteiger partial charge in [-0.25, -0.2) is 14.4 Å². The minimum Gasteiger partial charge on any atom is -0.444 e. The second-order valence-electron chi connectivity index (χ2n) is 11.3. The van der Waals surface area contributed by atoms with Gasteiger partial charge in [-0.1, -0.05) is 19.1 Å². The molecule has 2 aromatic rings. The zero-order valence-corrected chi connectivity index (χ0v) is 23.4. The van der Waals surface area contributed by atoms with E-state index < -0.39 is 11.3 Å². The van der Waals surface area contributed by atoms with Crippen molar-refractivity contribution in [2.45, 2.75) is 71.2 Å². The van der Waals surface area contributed by atoms with E-state index in [2.05, 4.69) is 32.8 Å². The van der Waals surface area contributed by atoms with Crippen molar-refractivity contribution in [3.8, 4) is 5.69 Å². The van der Waals surface area contributed by atoms with Crippen LogP contribution in [0, 0.1) is 0 Å². The van der Waals surface area contributed by atoms with Gasteiger partial charge < -0.3 is 20.3 Å². The van der Waals surface area contributed by atoms with Crippen LogP contribution in [0.5, 0.6) is 0 Å². The van der Waals surface area contributed by atoms with E-state index in [9.17, 15) is 14.4 Å². The summed E-state index contributed by atoms with van der Waals surface area (Å²) in [5.41, 5.74) is 0.900. The van der Waals surface area contributed by atoms with Crippen LogP contribution in [0.25, 0.3) is 5.69 Å². The zero-order valence-electron chi connectivity index (χ0n) is 23.4. The number of rotatable bonds is 6. The van der Waals surface area contributed by atoms with Crippen LogP contribution in [0.4, 0.5) is 15.4 Å². The number of hydrogen-bond donors (Lipinski definition) is 3. The summed E-state index contributed by atoms with van der Waals surface area (Å²) in [5, 5.41) is 9.11. The van der Waals surface area contributed by atoms with E-state index in [4.69, 9.17) is 4.74 Å². The van der Waals surface area contributed by atoms with Gasteiger partial charge in [0.1, 0.15) is 11.4 Å². The standard InChI is InChI=1S/C28H41N7O4/c1-5-21-19-34(17-13-29-21)25(36)31-24-12-16-35(26(37)32-24)23-8-6-20(7-9-23)18-33-14-10-22(11-15-33)30-27(38)39-28(2,3)4/h6-9,12,16,21-22,29H,5,10-11,13-15,17-19H2,1-4H3,(H,30,38)(H,31,32,36,37). The summed E-state index contributed by atoms with van der Waals surface area (Å²) >= 11 is 0. The Morgan fingerprint density at radius 2 is 1.82 bits per heavy atom. The third-order valence-corrected chi connectivity index (χ3v) is 7.00. The topological polar surface area (TPSA) is 121 Å². The molecule has 39 heavy (non-hydrogen) atoms. The fourth-order valence-corrected chi connectivity index (χ4v) is 4.87. The molecule has 1 atom stereocenters. The van der Waals surface area contributed by atoms with Gasteiger partial charge in [-0.15, -0.1) is 0 Å². The molecule has 4 rings (SSSR count). The number of aromatic nitrogens is 2. The summed E-state index contributed by atoms with van der Waals surface area (Å²) in [6.07, 6.45) is 3.96. The molecule has 2 aliphatic rings. The molecule has 0 saturated carbocycles. The van der Waals surface area contributed by atoms with Crippen LogP contribution in [0.15, 0.2) is 41.3 Å². The lowest BCUT2D eigenvalue weighted by Crippen LogP contribution is -2.53. The Hall–Kier alpha value is -3.44. The van der Waals surface area contributed by atoms with Crippen LogP contribution in [0.2, 0.25) is 0 Å². The van der Waals surface area contributed by atoms with Crippen molar-refractivity contribution < 1.29 is 14.3 Å². The minimum atomic E-state index is -0.500. The van der Waals surface area contributed by atoms with Crippen LogP contribution in [-0.2, 0) is 11.3 Å². The predicted molar refractivity (Wildman–Crippen MR) is 150 cm³/mol. The van der Waals surface area contributed by atoms with Crippen molar-refractivity contribution in [2.24, 2.45) is 0 Å². The predicted octanol–water partition coefficient (Wildman–Crippen LogP) is 2.94. The first-order valence-corrected chi connectivity index (χ1v) is 13.8. The Labute approximate surface area is 229 Å². The highest BCUT2D eigenvalue weighted by Crippen LogP contribution is 2.17. The molecule has 2 fully saturated rings. The first-order chi connectivity index (χ1) is 18.6. The van der Waals surface area contributed by atoms with Crippen molar-refractivity contribution >= 4 is 17.9 Å². The second kappa shape index (κ2) is 12.6. The molecule has 11 nitrogen and oxygen atoms in total. The molecule has 0 radical (unpaired) electrons. The number of likely N-dealkylation sites (tertiary alicyclic amines) is 1. The number of nitrogens with one attached hydrogen (secondary N) is 3. The van der Waals surface area contributed by atoms with Crippen molar-refractivity contribution in [3.05, 3.63) is 52.6 Å². The van der Waals surface area contributed by atoms with E-state index in [1.807, 2.05) is 45.0 Å². The molecule has 1 unspecified atom stereocenters. The third-order valence-electron chi connectivity index (χ3n) is 7.00. The molecule has 2 saturated heterocycles. The lowest BCUT2D eigenvalue weighted by Gasteiger charge is -2.33. The molecule has 3 amide bonds. The molecule has 212 valence electrons. The van der Waals surface area contributed by atoms with E-state index in [-0.39, 0.29) is 30.0 Å². The van der Waals surface area contributed by atoms with Gasteiger partial charge in [-0.05, 0) is 63.8 Å². The van der Waals surface area contributed by atoms with E-state index in [1.165, 1.54) is 4.57 Å². The number of ether oxygens (including phenoxy) is 1. The Bertz CT molecular complexity index is 1180. The molecule has 3 N–H and O–H groups in total. The lowest BCUT2D eigenvalue weighted by molar-refractivity contribution is 0.0477. The molecule has 1 aromatic carbocycles. The first kappa shape index (κ1) is 28.6. The van der Waals surface area contributed by atoms with Gasteiger partial charge in [0.15, 0.2) is 0 Å². The number of piperazine rings is 1. The van der Waals surface area contributed by atoms with Crippen LogP contribution < -0.4 is 21.6 Å². The fourth-order valence-electron chi connectivity index (χ4n) is 4.87. The fraction of sp³-hybridized carbons (Fsp3) is 0.571. The molecule has 0 bridgehead atoms. The maximum absolute atomic E-state index is 12.7. The number of amides is 3. The van der Waals surface area contributed by atoms with E-state index in [0.29, 0.717) is 18.8 Å². The molecular formula is C28H41N7O4. The van der Waals surface area contributed by atoms with Crippen molar-refractivity contribution in [1.82, 2.24) is 30.0 Å². The number of hydrogen-bond acceptors (Lipinski definition) is 7. The van der Waals surface area contributed by atoms with Crippen molar-refractivity contribution in [2.75, 3.05) is 38.0 Å². The number of carbonyl (C=O) groups is 2. The Balaban J connectivity index is 1.27. The highest BCUT2D eigenvalue weighted by atomic mass is 16.6. The quantitative estimate of drug-likeness (QED) is 0.516. The van der Waals surface area contributed by atoms with Crippen LogP contribution in [-0.4, -0.2) is 81.9 Å².